The second-order valence-electron chi connectivity index (χ2n) is 3.32. The first kappa shape index (κ1) is 15.3. The van der Waals surface area contributed by atoms with Crippen molar-refractivity contribution in [3.05, 3.63) is 0 Å². The topological polar surface area (TPSA) is 92.7 Å². The molecule has 0 aromatic carbocycles. The van der Waals surface area contributed by atoms with Crippen LogP contribution in [0.1, 0.15) is 26.2 Å². The quantitative estimate of drug-likeness (QED) is 0.542. The fraction of sp³-hybridized carbons (Fsp3) is 0.889. The van der Waals surface area contributed by atoms with Crippen LogP contribution in [-0.2, 0) is 19.6 Å². The Hall–Kier alpha value is -0.660. The van der Waals surface area contributed by atoms with E-state index in [0.717, 1.165) is 6.42 Å². The van der Waals surface area contributed by atoms with Crippen molar-refractivity contribution in [1.82, 2.24) is 4.72 Å². The van der Waals surface area contributed by atoms with Gasteiger partial charge in [-0.05, 0) is 12.8 Å². The standard InChI is InChI=1S/C9H19NO5S/c1-2-6-15-7-3-5-10-16(13,14)8-4-9(11)12/h10H,2-8H2,1H3,(H,11,12). The lowest BCUT2D eigenvalue weighted by atomic mass is 10.4. The third-order valence-corrected chi connectivity index (χ3v) is 3.11. The monoisotopic (exact) mass is 253 g/mol. The molecule has 0 aliphatic carbocycles. The van der Waals surface area contributed by atoms with Gasteiger partial charge in [0.2, 0.25) is 10.0 Å². The molecular formula is C9H19NO5S. The lowest BCUT2D eigenvalue weighted by molar-refractivity contribution is -0.136. The van der Waals surface area contributed by atoms with Gasteiger partial charge in [-0.3, -0.25) is 4.79 Å². The molecule has 0 aromatic heterocycles. The number of aliphatic carboxylic acids is 1. The number of hydrogen-bond donors (Lipinski definition) is 2. The largest absolute Gasteiger partial charge is 0.481 e. The summed E-state index contributed by atoms with van der Waals surface area (Å²) < 4.78 is 29.9. The van der Waals surface area contributed by atoms with Crippen LogP contribution in [0.2, 0.25) is 0 Å². The second kappa shape index (κ2) is 8.49. The summed E-state index contributed by atoms with van der Waals surface area (Å²) in [6.45, 7) is 3.46. The lowest BCUT2D eigenvalue weighted by Crippen LogP contribution is -2.29. The molecule has 0 fully saturated rings. The maximum atomic E-state index is 11.2. The Morgan fingerprint density at radius 1 is 1.38 bits per heavy atom. The Labute approximate surface area is 96.0 Å². The number of carboxylic acid groups (broad SMARTS) is 1. The van der Waals surface area contributed by atoms with E-state index in [9.17, 15) is 13.2 Å². The molecule has 0 aromatic rings. The molecule has 0 unspecified atom stereocenters. The highest BCUT2D eigenvalue weighted by molar-refractivity contribution is 7.89. The maximum absolute atomic E-state index is 11.2. The summed E-state index contributed by atoms with van der Waals surface area (Å²) >= 11 is 0. The van der Waals surface area contributed by atoms with Crippen molar-refractivity contribution in [2.24, 2.45) is 0 Å². The van der Waals surface area contributed by atoms with Gasteiger partial charge in [0.25, 0.3) is 0 Å². The summed E-state index contributed by atoms with van der Waals surface area (Å²) in [4.78, 5) is 10.2. The number of rotatable bonds is 10. The van der Waals surface area contributed by atoms with Crippen LogP contribution in [0.15, 0.2) is 0 Å². The average Bonchev–Trinajstić information content (AvgIpc) is 2.21. The van der Waals surface area contributed by atoms with Crippen LogP contribution in [0, 0.1) is 0 Å². The molecule has 0 spiro atoms. The summed E-state index contributed by atoms with van der Waals surface area (Å²) in [6.07, 6.45) is 1.15. The van der Waals surface area contributed by atoms with E-state index in [1.165, 1.54) is 0 Å². The number of ether oxygens (including phenoxy) is 1. The fourth-order valence-corrected chi connectivity index (χ4v) is 1.99. The molecule has 0 atom stereocenters. The predicted octanol–water partition coefficient (Wildman–Crippen LogP) is 0.197. The van der Waals surface area contributed by atoms with Gasteiger partial charge in [0, 0.05) is 19.8 Å². The predicted molar refractivity (Wildman–Crippen MR) is 59.8 cm³/mol. The van der Waals surface area contributed by atoms with E-state index in [-0.39, 0.29) is 18.7 Å². The van der Waals surface area contributed by atoms with Crippen molar-refractivity contribution in [1.29, 1.82) is 0 Å². The zero-order valence-corrected chi connectivity index (χ0v) is 10.3. The van der Waals surface area contributed by atoms with E-state index in [2.05, 4.69) is 4.72 Å². The molecule has 0 radical (unpaired) electrons. The third kappa shape index (κ3) is 9.88. The van der Waals surface area contributed by atoms with Crippen molar-refractivity contribution in [3.8, 4) is 0 Å². The smallest absolute Gasteiger partial charge is 0.304 e. The molecule has 6 nitrogen and oxygen atoms in total. The number of hydrogen-bond acceptors (Lipinski definition) is 4. The first-order valence-corrected chi connectivity index (χ1v) is 6.90. The second-order valence-corrected chi connectivity index (χ2v) is 5.25. The average molecular weight is 253 g/mol. The van der Waals surface area contributed by atoms with Gasteiger partial charge in [-0.15, -0.1) is 0 Å². The Morgan fingerprint density at radius 3 is 2.62 bits per heavy atom. The van der Waals surface area contributed by atoms with Gasteiger partial charge in [0.1, 0.15) is 0 Å². The van der Waals surface area contributed by atoms with Crippen molar-refractivity contribution < 1.29 is 23.1 Å². The number of sulfonamides is 1. The summed E-state index contributed by atoms with van der Waals surface area (Å²) in [5.74, 6) is -1.49. The first-order chi connectivity index (χ1) is 7.48. The Morgan fingerprint density at radius 2 is 2.06 bits per heavy atom. The van der Waals surface area contributed by atoms with Gasteiger partial charge in [0.15, 0.2) is 0 Å². The van der Waals surface area contributed by atoms with E-state index in [1.54, 1.807) is 0 Å². The van der Waals surface area contributed by atoms with Crippen LogP contribution in [0.3, 0.4) is 0 Å². The lowest BCUT2D eigenvalue weighted by Gasteiger charge is -2.05. The number of carbonyl (C=O) groups is 1. The molecule has 96 valence electrons. The van der Waals surface area contributed by atoms with E-state index < -0.39 is 16.0 Å². The van der Waals surface area contributed by atoms with Crippen LogP contribution in [-0.4, -0.2) is 45.0 Å². The van der Waals surface area contributed by atoms with E-state index in [1.807, 2.05) is 6.92 Å². The van der Waals surface area contributed by atoms with Gasteiger partial charge < -0.3 is 9.84 Å². The van der Waals surface area contributed by atoms with Gasteiger partial charge in [0.05, 0.1) is 12.2 Å². The molecule has 0 bridgehead atoms. The number of carboxylic acids is 1. The Kier molecular flexibility index (Phi) is 8.14. The molecule has 0 amide bonds. The zero-order chi connectivity index (χ0) is 12.4. The normalized spacial score (nSPS) is 11.6. The summed E-state index contributed by atoms with van der Waals surface area (Å²) in [5, 5.41) is 8.33. The molecule has 0 rings (SSSR count). The summed E-state index contributed by atoms with van der Waals surface area (Å²) in [5.41, 5.74) is 0. The molecule has 7 heteroatoms. The molecule has 0 aliphatic heterocycles. The van der Waals surface area contributed by atoms with E-state index >= 15 is 0 Å². The highest BCUT2D eigenvalue weighted by Crippen LogP contribution is 1.91. The van der Waals surface area contributed by atoms with Crippen LogP contribution in [0.25, 0.3) is 0 Å². The SMILES string of the molecule is CCCOCCCNS(=O)(=O)CCC(=O)O. The van der Waals surface area contributed by atoms with Crippen LogP contribution in [0.5, 0.6) is 0 Å². The van der Waals surface area contributed by atoms with Crippen molar-refractivity contribution in [3.63, 3.8) is 0 Å². The minimum absolute atomic E-state index is 0.283. The van der Waals surface area contributed by atoms with E-state index in [0.29, 0.717) is 19.6 Å². The number of nitrogens with one attached hydrogen (secondary N) is 1. The molecule has 0 saturated heterocycles. The minimum Gasteiger partial charge on any atom is -0.481 e. The highest BCUT2D eigenvalue weighted by atomic mass is 32.2. The maximum Gasteiger partial charge on any atom is 0.304 e. The zero-order valence-electron chi connectivity index (χ0n) is 9.44. The van der Waals surface area contributed by atoms with Gasteiger partial charge in [-0.1, -0.05) is 6.92 Å². The van der Waals surface area contributed by atoms with E-state index in [4.69, 9.17) is 9.84 Å². The summed E-state index contributed by atoms with van der Waals surface area (Å²) in [6, 6.07) is 0. The van der Waals surface area contributed by atoms with Crippen molar-refractivity contribution in [2.75, 3.05) is 25.5 Å². The van der Waals surface area contributed by atoms with Crippen LogP contribution >= 0.6 is 0 Å². The molecule has 2 N–H and O–H groups in total. The highest BCUT2D eigenvalue weighted by Gasteiger charge is 2.11. The molecule has 0 saturated carbocycles. The Balaban J connectivity index is 3.55. The van der Waals surface area contributed by atoms with Crippen molar-refractivity contribution in [2.45, 2.75) is 26.2 Å². The molecular weight excluding hydrogens is 234 g/mol. The molecule has 16 heavy (non-hydrogen) atoms. The summed E-state index contributed by atoms with van der Waals surface area (Å²) in [7, 11) is -3.46. The first-order valence-electron chi connectivity index (χ1n) is 5.25. The minimum atomic E-state index is -3.46. The third-order valence-electron chi connectivity index (χ3n) is 1.72. The fourth-order valence-electron chi connectivity index (χ4n) is 0.942. The Bertz CT molecular complexity index is 288. The van der Waals surface area contributed by atoms with Gasteiger partial charge in [-0.2, -0.15) is 0 Å². The van der Waals surface area contributed by atoms with Gasteiger partial charge >= 0.3 is 5.97 Å². The van der Waals surface area contributed by atoms with Crippen LogP contribution in [0.4, 0.5) is 0 Å². The molecule has 0 heterocycles. The molecule has 0 aliphatic rings. The van der Waals surface area contributed by atoms with Crippen LogP contribution < -0.4 is 4.72 Å². The van der Waals surface area contributed by atoms with Crippen molar-refractivity contribution >= 4 is 16.0 Å². The van der Waals surface area contributed by atoms with Gasteiger partial charge in [-0.25, -0.2) is 13.1 Å².